The van der Waals surface area contributed by atoms with Crippen LogP contribution in [0.2, 0.25) is 0 Å². The number of aromatic hydroxyl groups is 1. The monoisotopic (exact) mass is 242 g/mol. The van der Waals surface area contributed by atoms with Gasteiger partial charge >= 0.3 is 0 Å². The van der Waals surface area contributed by atoms with E-state index in [-0.39, 0.29) is 5.75 Å². The Morgan fingerprint density at radius 2 is 2.00 bits per heavy atom. The van der Waals surface area contributed by atoms with Crippen molar-refractivity contribution < 1.29 is 5.11 Å². The second kappa shape index (κ2) is 5.54. The lowest BCUT2D eigenvalue weighted by molar-refractivity contribution is 0.475. The van der Waals surface area contributed by atoms with Crippen molar-refractivity contribution >= 4 is 6.08 Å². The molecule has 0 aliphatic carbocycles. The van der Waals surface area contributed by atoms with E-state index in [1.807, 2.05) is 31.5 Å². The van der Waals surface area contributed by atoms with Crippen LogP contribution in [-0.4, -0.2) is 14.7 Å². The van der Waals surface area contributed by atoms with Crippen molar-refractivity contribution in [3.8, 4) is 17.0 Å². The molecular formula is C15H18N2O. The molecule has 2 aromatic rings. The second-order valence-electron chi connectivity index (χ2n) is 4.30. The third-order valence-corrected chi connectivity index (χ3v) is 2.91. The molecule has 0 saturated heterocycles. The molecule has 1 aromatic carbocycles. The average Bonchev–Trinajstić information content (AvgIpc) is 2.73. The minimum Gasteiger partial charge on any atom is -0.508 e. The van der Waals surface area contributed by atoms with Gasteiger partial charge in [-0.15, -0.1) is 0 Å². The first kappa shape index (κ1) is 12.4. The van der Waals surface area contributed by atoms with Crippen molar-refractivity contribution in [2.24, 2.45) is 7.05 Å². The van der Waals surface area contributed by atoms with Crippen LogP contribution in [-0.2, 0) is 7.05 Å². The summed E-state index contributed by atoms with van der Waals surface area (Å²) in [4.78, 5) is 4.40. The Balaban J connectivity index is 2.27. The Bertz CT molecular complexity index is 538. The predicted octanol–water partition coefficient (Wildman–Crippen LogP) is 3.61. The lowest BCUT2D eigenvalue weighted by Gasteiger charge is -2.04. The van der Waals surface area contributed by atoms with E-state index in [2.05, 4.69) is 22.6 Å². The Kier molecular flexibility index (Phi) is 3.82. The van der Waals surface area contributed by atoms with Crippen molar-refractivity contribution in [1.29, 1.82) is 0 Å². The molecule has 0 unspecified atom stereocenters. The van der Waals surface area contributed by atoms with Crippen LogP contribution in [0, 0.1) is 0 Å². The van der Waals surface area contributed by atoms with Crippen LogP contribution >= 0.6 is 0 Å². The van der Waals surface area contributed by atoms with Crippen LogP contribution in [0.5, 0.6) is 5.75 Å². The highest BCUT2D eigenvalue weighted by atomic mass is 16.3. The maximum Gasteiger partial charge on any atom is 0.132 e. The third kappa shape index (κ3) is 2.62. The van der Waals surface area contributed by atoms with E-state index in [9.17, 15) is 5.11 Å². The molecule has 94 valence electrons. The Morgan fingerprint density at radius 1 is 1.28 bits per heavy atom. The first-order chi connectivity index (χ1) is 8.72. The van der Waals surface area contributed by atoms with Gasteiger partial charge in [-0.3, -0.25) is 0 Å². The van der Waals surface area contributed by atoms with Crippen LogP contribution in [0.3, 0.4) is 0 Å². The van der Waals surface area contributed by atoms with Gasteiger partial charge in [0, 0.05) is 12.6 Å². The Labute approximate surface area is 107 Å². The first-order valence-electron chi connectivity index (χ1n) is 6.20. The molecule has 3 nitrogen and oxygen atoms in total. The number of phenolic OH excluding ortho intramolecular Hbond substituents is 1. The van der Waals surface area contributed by atoms with Gasteiger partial charge in [0.15, 0.2) is 0 Å². The minimum atomic E-state index is 0.281. The molecule has 1 aromatic heterocycles. The van der Waals surface area contributed by atoms with Crippen molar-refractivity contribution in [2.75, 3.05) is 0 Å². The molecule has 0 amide bonds. The summed E-state index contributed by atoms with van der Waals surface area (Å²) in [5.41, 5.74) is 2.10. The average molecular weight is 242 g/mol. The number of imidazole rings is 1. The van der Waals surface area contributed by atoms with Crippen LogP contribution in [0.4, 0.5) is 0 Å². The van der Waals surface area contributed by atoms with E-state index in [0.717, 1.165) is 29.9 Å². The molecule has 0 spiro atoms. The van der Waals surface area contributed by atoms with Crippen molar-refractivity contribution in [3.63, 3.8) is 0 Å². The van der Waals surface area contributed by atoms with E-state index in [4.69, 9.17) is 0 Å². The van der Waals surface area contributed by atoms with E-state index < -0.39 is 0 Å². The fourth-order valence-corrected chi connectivity index (χ4v) is 1.83. The number of allylic oxidation sites excluding steroid dienone is 1. The van der Waals surface area contributed by atoms with Gasteiger partial charge < -0.3 is 9.67 Å². The summed E-state index contributed by atoms with van der Waals surface area (Å²) in [7, 11) is 2.00. The SMILES string of the molecule is CCC/C=C/c1ncc(-c2ccc(O)cc2)n1C. The fourth-order valence-electron chi connectivity index (χ4n) is 1.83. The fraction of sp³-hybridized carbons (Fsp3) is 0.267. The van der Waals surface area contributed by atoms with Crippen molar-refractivity contribution in [1.82, 2.24) is 9.55 Å². The molecule has 3 heteroatoms. The Morgan fingerprint density at radius 3 is 2.67 bits per heavy atom. The maximum atomic E-state index is 9.29. The summed E-state index contributed by atoms with van der Waals surface area (Å²) in [6, 6.07) is 7.17. The summed E-state index contributed by atoms with van der Waals surface area (Å²) < 4.78 is 2.05. The number of aromatic nitrogens is 2. The number of hydrogen-bond acceptors (Lipinski definition) is 2. The van der Waals surface area contributed by atoms with Crippen LogP contribution in [0.15, 0.2) is 36.5 Å². The van der Waals surface area contributed by atoms with Crippen LogP contribution in [0.25, 0.3) is 17.3 Å². The van der Waals surface area contributed by atoms with E-state index >= 15 is 0 Å². The van der Waals surface area contributed by atoms with Gasteiger partial charge in [-0.1, -0.05) is 19.4 Å². The zero-order valence-electron chi connectivity index (χ0n) is 10.8. The molecule has 0 radical (unpaired) electrons. The summed E-state index contributed by atoms with van der Waals surface area (Å²) >= 11 is 0. The highest BCUT2D eigenvalue weighted by Gasteiger charge is 2.06. The van der Waals surface area contributed by atoms with Gasteiger partial charge in [-0.05, 0) is 36.8 Å². The van der Waals surface area contributed by atoms with Gasteiger partial charge in [0.25, 0.3) is 0 Å². The molecule has 0 fully saturated rings. The number of hydrogen-bond donors (Lipinski definition) is 1. The quantitative estimate of drug-likeness (QED) is 0.889. The molecule has 0 atom stereocenters. The molecule has 0 aliphatic heterocycles. The lowest BCUT2D eigenvalue weighted by Crippen LogP contribution is -1.94. The largest absolute Gasteiger partial charge is 0.508 e. The number of nitrogens with zero attached hydrogens (tertiary/aromatic N) is 2. The number of benzene rings is 1. The Hall–Kier alpha value is -2.03. The van der Waals surface area contributed by atoms with E-state index in [1.165, 1.54) is 0 Å². The van der Waals surface area contributed by atoms with E-state index in [0.29, 0.717) is 0 Å². The highest BCUT2D eigenvalue weighted by Crippen LogP contribution is 2.22. The highest BCUT2D eigenvalue weighted by molar-refractivity contribution is 5.62. The minimum absolute atomic E-state index is 0.281. The van der Waals surface area contributed by atoms with Crippen molar-refractivity contribution in [2.45, 2.75) is 19.8 Å². The smallest absolute Gasteiger partial charge is 0.132 e. The van der Waals surface area contributed by atoms with Gasteiger partial charge in [0.05, 0.1) is 11.9 Å². The molecule has 0 saturated carbocycles. The van der Waals surface area contributed by atoms with Gasteiger partial charge in [-0.25, -0.2) is 4.98 Å². The molecule has 0 bridgehead atoms. The number of phenols is 1. The van der Waals surface area contributed by atoms with Crippen LogP contribution in [0.1, 0.15) is 25.6 Å². The summed E-state index contributed by atoms with van der Waals surface area (Å²) in [5, 5.41) is 9.29. The standard InChI is InChI=1S/C15H18N2O/c1-3-4-5-6-15-16-11-14(17(15)2)12-7-9-13(18)10-8-12/h5-11,18H,3-4H2,1-2H3/b6-5+. The molecule has 18 heavy (non-hydrogen) atoms. The molecular weight excluding hydrogens is 224 g/mol. The number of rotatable bonds is 4. The van der Waals surface area contributed by atoms with Crippen molar-refractivity contribution in [3.05, 3.63) is 42.4 Å². The first-order valence-corrected chi connectivity index (χ1v) is 6.20. The normalized spacial score (nSPS) is 11.2. The van der Waals surface area contributed by atoms with Gasteiger partial charge in [0.1, 0.15) is 11.6 Å². The topological polar surface area (TPSA) is 38.1 Å². The van der Waals surface area contributed by atoms with E-state index in [1.54, 1.807) is 12.1 Å². The summed E-state index contributed by atoms with van der Waals surface area (Å²) in [5.74, 6) is 1.23. The molecule has 1 heterocycles. The maximum absolute atomic E-state index is 9.29. The molecule has 0 aliphatic rings. The van der Waals surface area contributed by atoms with Gasteiger partial charge in [-0.2, -0.15) is 0 Å². The predicted molar refractivity (Wildman–Crippen MR) is 74.3 cm³/mol. The summed E-state index contributed by atoms with van der Waals surface area (Å²) in [6.45, 7) is 2.16. The summed E-state index contributed by atoms with van der Waals surface area (Å²) in [6.07, 6.45) is 8.27. The van der Waals surface area contributed by atoms with Crippen LogP contribution < -0.4 is 0 Å². The third-order valence-electron chi connectivity index (χ3n) is 2.91. The van der Waals surface area contributed by atoms with Gasteiger partial charge in [0.2, 0.25) is 0 Å². The molecule has 1 N–H and O–H groups in total. The lowest BCUT2D eigenvalue weighted by atomic mass is 10.1. The zero-order valence-corrected chi connectivity index (χ0v) is 10.8. The number of unbranched alkanes of at least 4 members (excludes halogenated alkanes) is 1. The second-order valence-corrected chi connectivity index (χ2v) is 4.30. The molecule has 2 rings (SSSR count). The zero-order chi connectivity index (χ0) is 13.0.